The van der Waals surface area contributed by atoms with Crippen LogP contribution in [0.4, 0.5) is 5.82 Å². The van der Waals surface area contributed by atoms with Gasteiger partial charge in [0.2, 0.25) is 5.88 Å². The van der Waals surface area contributed by atoms with Crippen LogP contribution in [0.1, 0.15) is 50.1 Å². The summed E-state index contributed by atoms with van der Waals surface area (Å²) in [6.45, 7) is 19.8. The quantitative estimate of drug-likeness (QED) is 0.110. The summed E-state index contributed by atoms with van der Waals surface area (Å²) < 4.78 is 11.5. The Hall–Kier alpha value is -3.88. The molecule has 0 aliphatic carbocycles. The maximum atomic E-state index is 11.5. The molecule has 0 unspecified atom stereocenters. The molecule has 0 radical (unpaired) electrons. The number of aromatic nitrogens is 1. The Labute approximate surface area is 247 Å². The van der Waals surface area contributed by atoms with Crippen molar-refractivity contribution in [1.29, 1.82) is 5.41 Å². The standard InChI is InChI=1S/C32H39ClN4O4/c1-8-23(26-10-9-11-27(35-26)36-30(40-7)25(16-34)31(38)39)29(20(2)3)41-18-22-13-12-21-17-37(19-32(4,5)6)15-14-24(21)28(22)33/h8-13,16,34H,1-2,14-15,17-19H2,3-7H3,(H,35,36)(H,38,39)/b29-23-,30-25-,34-16?. The number of methoxy groups -OCH3 is 1. The first-order valence-electron chi connectivity index (χ1n) is 13.3. The van der Waals surface area contributed by atoms with Crippen LogP contribution < -0.4 is 5.32 Å². The summed E-state index contributed by atoms with van der Waals surface area (Å²) in [5, 5.41) is 20.3. The molecule has 41 heavy (non-hydrogen) atoms. The number of fused-ring (bicyclic) bond motifs is 1. The molecule has 1 aliphatic rings. The van der Waals surface area contributed by atoms with Crippen molar-refractivity contribution >= 4 is 35.2 Å². The van der Waals surface area contributed by atoms with Crippen molar-refractivity contribution in [2.24, 2.45) is 5.41 Å². The summed E-state index contributed by atoms with van der Waals surface area (Å²) in [6.07, 6.45) is 3.23. The van der Waals surface area contributed by atoms with E-state index in [0.29, 0.717) is 34.6 Å². The van der Waals surface area contributed by atoms with Crippen LogP contribution in [0.5, 0.6) is 0 Å². The third-order valence-corrected chi connectivity index (χ3v) is 6.96. The number of nitrogens with one attached hydrogen (secondary N) is 2. The summed E-state index contributed by atoms with van der Waals surface area (Å²) in [5.41, 5.74) is 5.04. The van der Waals surface area contributed by atoms with Crippen molar-refractivity contribution < 1.29 is 19.4 Å². The van der Waals surface area contributed by atoms with Crippen LogP contribution >= 0.6 is 11.6 Å². The number of rotatable bonds is 12. The molecule has 1 aromatic heterocycles. The fourth-order valence-corrected chi connectivity index (χ4v) is 5.09. The van der Waals surface area contributed by atoms with Crippen LogP contribution in [0.3, 0.4) is 0 Å². The number of hydrogen-bond acceptors (Lipinski definition) is 7. The summed E-state index contributed by atoms with van der Waals surface area (Å²) >= 11 is 6.89. The van der Waals surface area contributed by atoms with Crippen molar-refractivity contribution in [3.8, 4) is 0 Å². The van der Waals surface area contributed by atoms with Crippen LogP contribution in [0.15, 0.2) is 72.4 Å². The maximum absolute atomic E-state index is 11.5. The molecule has 218 valence electrons. The van der Waals surface area contributed by atoms with Gasteiger partial charge in [-0.3, -0.25) is 4.90 Å². The summed E-state index contributed by atoms with van der Waals surface area (Å²) in [6, 6.07) is 9.37. The predicted octanol–water partition coefficient (Wildman–Crippen LogP) is 6.83. The smallest absolute Gasteiger partial charge is 0.342 e. The molecule has 0 amide bonds. The molecule has 9 heteroatoms. The van der Waals surface area contributed by atoms with E-state index in [1.807, 2.05) is 13.0 Å². The van der Waals surface area contributed by atoms with Crippen LogP contribution in [0.25, 0.3) is 5.57 Å². The second-order valence-electron chi connectivity index (χ2n) is 11.1. The lowest BCUT2D eigenvalue weighted by Gasteiger charge is -2.34. The van der Waals surface area contributed by atoms with E-state index in [2.05, 4.69) is 55.2 Å². The van der Waals surface area contributed by atoms with E-state index in [-0.39, 0.29) is 23.5 Å². The maximum Gasteiger partial charge on any atom is 0.342 e. The van der Waals surface area contributed by atoms with E-state index in [4.69, 9.17) is 26.5 Å². The second-order valence-corrected chi connectivity index (χ2v) is 11.5. The second kappa shape index (κ2) is 13.7. The number of hydrogen-bond donors (Lipinski definition) is 3. The molecule has 8 nitrogen and oxygen atoms in total. The monoisotopic (exact) mass is 578 g/mol. The van der Waals surface area contributed by atoms with Crippen molar-refractivity contribution in [2.75, 3.05) is 25.5 Å². The number of carboxylic acid groups (broad SMARTS) is 1. The van der Waals surface area contributed by atoms with E-state index in [1.165, 1.54) is 18.2 Å². The third kappa shape index (κ3) is 8.08. The van der Waals surface area contributed by atoms with Gasteiger partial charge < -0.3 is 25.3 Å². The van der Waals surface area contributed by atoms with E-state index in [1.54, 1.807) is 24.3 Å². The van der Waals surface area contributed by atoms with Crippen molar-refractivity contribution in [3.63, 3.8) is 0 Å². The summed E-state index contributed by atoms with van der Waals surface area (Å²) in [4.78, 5) is 18.5. The Morgan fingerprint density at radius 2 is 2.02 bits per heavy atom. The SMILES string of the molecule is C=C/C(=C(/OCc1ccc2c(c1Cl)CCN(CC(C)(C)C)C2)C(=C)C)c1cccc(N/C(OC)=C(\C=N)C(=O)O)n1. The van der Waals surface area contributed by atoms with Gasteiger partial charge in [-0.15, -0.1) is 0 Å². The van der Waals surface area contributed by atoms with Crippen molar-refractivity contribution in [3.05, 3.63) is 99.8 Å². The molecule has 3 rings (SSSR count). The van der Waals surface area contributed by atoms with E-state index in [9.17, 15) is 9.90 Å². The Balaban J connectivity index is 1.87. The lowest BCUT2D eigenvalue weighted by molar-refractivity contribution is -0.132. The van der Waals surface area contributed by atoms with Gasteiger partial charge in [-0.25, -0.2) is 9.78 Å². The van der Waals surface area contributed by atoms with Gasteiger partial charge in [0, 0.05) is 37.0 Å². The van der Waals surface area contributed by atoms with E-state index >= 15 is 0 Å². The number of pyridine rings is 1. The van der Waals surface area contributed by atoms with Crippen LogP contribution in [0.2, 0.25) is 5.02 Å². The number of carbonyl (C=O) groups is 1. The van der Waals surface area contributed by atoms with Crippen molar-refractivity contribution in [1.82, 2.24) is 9.88 Å². The van der Waals surface area contributed by atoms with Gasteiger partial charge >= 0.3 is 5.97 Å². The van der Waals surface area contributed by atoms with Gasteiger partial charge in [0.05, 0.1) is 17.8 Å². The lowest BCUT2D eigenvalue weighted by atomic mass is 9.92. The highest BCUT2D eigenvalue weighted by Crippen LogP contribution is 2.33. The Morgan fingerprint density at radius 1 is 1.29 bits per heavy atom. The van der Waals surface area contributed by atoms with E-state index in [0.717, 1.165) is 36.6 Å². The number of ether oxygens (including phenoxy) is 2. The average molecular weight is 579 g/mol. The average Bonchev–Trinajstić information content (AvgIpc) is 2.90. The minimum absolute atomic E-state index is 0.110. The molecular weight excluding hydrogens is 540 g/mol. The predicted molar refractivity (Wildman–Crippen MR) is 165 cm³/mol. The third-order valence-electron chi connectivity index (χ3n) is 6.49. The summed E-state index contributed by atoms with van der Waals surface area (Å²) in [5.74, 6) is -0.573. The van der Waals surface area contributed by atoms with Gasteiger partial charge in [-0.05, 0) is 47.6 Å². The lowest BCUT2D eigenvalue weighted by Crippen LogP contribution is -2.37. The Kier molecular flexibility index (Phi) is 10.5. The van der Waals surface area contributed by atoms with Crippen LogP contribution in [0, 0.1) is 10.8 Å². The van der Waals surface area contributed by atoms with Gasteiger partial charge in [0.25, 0.3) is 0 Å². The number of anilines is 1. The summed E-state index contributed by atoms with van der Waals surface area (Å²) in [7, 11) is 1.31. The van der Waals surface area contributed by atoms with Gasteiger partial charge in [0.1, 0.15) is 23.8 Å². The van der Waals surface area contributed by atoms with Crippen molar-refractivity contribution in [2.45, 2.75) is 47.3 Å². The van der Waals surface area contributed by atoms with E-state index < -0.39 is 5.97 Å². The Morgan fingerprint density at radius 3 is 2.61 bits per heavy atom. The number of benzene rings is 1. The normalized spacial score (nSPS) is 14.7. The first-order valence-corrected chi connectivity index (χ1v) is 13.7. The molecule has 0 spiro atoms. The zero-order valence-corrected chi connectivity index (χ0v) is 25.2. The molecule has 1 aromatic carbocycles. The Bertz CT molecular complexity index is 1400. The fourth-order valence-electron chi connectivity index (χ4n) is 4.75. The number of nitrogens with zero attached hydrogens (tertiary/aromatic N) is 2. The molecule has 0 saturated carbocycles. The highest BCUT2D eigenvalue weighted by Gasteiger charge is 2.24. The van der Waals surface area contributed by atoms with Gasteiger partial charge in [-0.2, -0.15) is 0 Å². The number of allylic oxidation sites excluding steroid dienone is 3. The first kappa shape index (κ1) is 31.6. The molecule has 1 aliphatic heterocycles. The minimum Gasteiger partial charge on any atom is -0.488 e. The first-order chi connectivity index (χ1) is 19.4. The number of aliphatic carboxylic acids is 1. The number of carboxylic acids is 1. The largest absolute Gasteiger partial charge is 0.488 e. The molecule has 3 N–H and O–H groups in total. The molecule has 2 aromatic rings. The minimum atomic E-state index is -1.30. The zero-order valence-electron chi connectivity index (χ0n) is 24.4. The fraction of sp³-hybridized carbons (Fsp3) is 0.344. The molecule has 0 bridgehead atoms. The molecule has 0 atom stereocenters. The van der Waals surface area contributed by atoms with Gasteiger partial charge in [0.15, 0.2) is 0 Å². The zero-order chi connectivity index (χ0) is 30.3. The topological polar surface area (TPSA) is 108 Å². The molecular formula is C32H39ClN4O4. The molecule has 2 heterocycles. The van der Waals surface area contributed by atoms with Gasteiger partial charge in [-0.1, -0.05) is 69.8 Å². The highest BCUT2D eigenvalue weighted by atomic mass is 35.5. The molecule has 0 saturated heterocycles. The van der Waals surface area contributed by atoms with Crippen LogP contribution in [-0.2, 0) is 33.8 Å². The number of halogens is 1. The molecule has 0 fully saturated rings. The van der Waals surface area contributed by atoms with Crippen LogP contribution in [-0.4, -0.2) is 47.4 Å². The highest BCUT2D eigenvalue weighted by molar-refractivity contribution is 6.32.